The molecule has 0 bridgehead atoms. The molecule has 2 aromatic heterocycles. The lowest BCUT2D eigenvalue weighted by atomic mass is 9.96. The third-order valence-electron chi connectivity index (χ3n) is 7.41. The minimum absolute atomic E-state index is 0.0698. The number of imidazole rings is 1. The fourth-order valence-corrected chi connectivity index (χ4v) is 5.63. The first-order valence-corrected chi connectivity index (χ1v) is 13.6. The van der Waals surface area contributed by atoms with Gasteiger partial charge in [0.2, 0.25) is 0 Å². The second-order valence-corrected chi connectivity index (χ2v) is 10.5. The van der Waals surface area contributed by atoms with Gasteiger partial charge in [0, 0.05) is 49.1 Å². The summed E-state index contributed by atoms with van der Waals surface area (Å²) < 4.78 is 25.8. The SMILES string of the molecule is CNCc1nn(C2CCCCO2)c2ccc(-c3cc(F)cc(-c4ccc(-n5ccn(C)c5=O)c(Cl)c4)c3O)cc12. The summed E-state index contributed by atoms with van der Waals surface area (Å²) in [6, 6.07) is 13.4. The van der Waals surface area contributed by atoms with Crippen LogP contribution in [-0.4, -0.2) is 37.7 Å². The average Bonchev–Trinajstić information content (AvgIpc) is 3.49. The number of hydrogen-bond donors (Lipinski definition) is 2. The molecule has 5 aromatic rings. The minimum atomic E-state index is -0.496. The van der Waals surface area contributed by atoms with E-state index in [0.717, 1.165) is 35.9 Å². The molecule has 1 fully saturated rings. The van der Waals surface area contributed by atoms with Crippen LogP contribution < -0.4 is 11.0 Å². The molecular weight excluding hydrogens is 533 g/mol. The molecule has 1 atom stereocenters. The molecule has 1 unspecified atom stereocenters. The number of rotatable bonds is 6. The van der Waals surface area contributed by atoms with Crippen molar-refractivity contribution in [2.75, 3.05) is 13.7 Å². The van der Waals surface area contributed by atoms with E-state index < -0.39 is 5.82 Å². The van der Waals surface area contributed by atoms with E-state index in [9.17, 15) is 9.90 Å². The molecule has 0 spiro atoms. The van der Waals surface area contributed by atoms with Crippen molar-refractivity contribution in [1.29, 1.82) is 0 Å². The molecule has 10 heteroatoms. The standard InChI is InChI=1S/C30H29ClFN5O3/c1-33-17-25-23-13-18(6-8-26(23)37(34-25)28-5-3-4-12-40-28)21-15-20(32)16-22(29(21)38)19-7-9-27(24(31)14-19)36-11-10-35(2)30(36)39/h6-11,13-16,28,33,38H,3-5,12,17H2,1-2H3. The zero-order chi connectivity index (χ0) is 28.0. The molecule has 0 amide bonds. The number of hydrogen-bond acceptors (Lipinski definition) is 5. The molecule has 3 heterocycles. The summed E-state index contributed by atoms with van der Waals surface area (Å²) in [5, 5.41) is 20.6. The average molecular weight is 562 g/mol. The maximum Gasteiger partial charge on any atom is 0.332 e. The molecule has 1 aliphatic heterocycles. The molecule has 0 radical (unpaired) electrons. The number of phenols is 1. The Kier molecular flexibility index (Phi) is 6.95. The smallest absolute Gasteiger partial charge is 0.332 e. The van der Waals surface area contributed by atoms with Crippen molar-refractivity contribution in [3.8, 4) is 33.7 Å². The Labute approximate surface area is 235 Å². The van der Waals surface area contributed by atoms with E-state index in [1.807, 2.05) is 29.9 Å². The largest absolute Gasteiger partial charge is 0.507 e. The minimum Gasteiger partial charge on any atom is -0.507 e. The summed E-state index contributed by atoms with van der Waals surface area (Å²) in [4.78, 5) is 12.4. The van der Waals surface area contributed by atoms with Gasteiger partial charge in [-0.15, -0.1) is 0 Å². The summed E-state index contributed by atoms with van der Waals surface area (Å²) in [6.45, 7) is 1.26. The van der Waals surface area contributed by atoms with Crippen LogP contribution in [0.1, 0.15) is 31.2 Å². The van der Waals surface area contributed by atoms with E-state index in [-0.39, 0.29) is 17.7 Å². The maximum absolute atomic E-state index is 15.0. The maximum atomic E-state index is 15.0. The van der Waals surface area contributed by atoms with Gasteiger partial charge in [0.15, 0.2) is 6.23 Å². The number of nitrogens with one attached hydrogen (secondary N) is 1. The Morgan fingerprint density at radius 3 is 2.50 bits per heavy atom. The molecule has 3 aromatic carbocycles. The van der Waals surface area contributed by atoms with Crippen LogP contribution in [0.15, 0.2) is 65.7 Å². The van der Waals surface area contributed by atoms with Crippen molar-refractivity contribution in [2.45, 2.75) is 32.0 Å². The Morgan fingerprint density at radius 1 is 1.10 bits per heavy atom. The van der Waals surface area contributed by atoms with Gasteiger partial charge in [-0.25, -0.2) is 13.9 Å². The number of fused-ring (bicyclic) bond motifs is 1. The molecule has 206 valence electrons. The van der Waals surface area contributed by atoms with Gasteiger partial charge in [-0.2, -0.15) is 5.10 Å². The van der Waals surface area contributed by atoms with Crippen LogP contribution >= 0.6 is 11.6 Å². The van der Waals surface area contributed by atoms with E-state index >= 15 is 4.39 Å². The van der Waals surface area contributed by atoms with E-state index in [1.165, 1.54) is 21.3 Å². The Bertz CT molecular complexity index is 1780. The molecule has 1 aliphatic rings. The van der Waals surface area contributed by atoms with Crippen LogP contribution in [0.3, 0.4) is 0 Å². The number of nitrogens with zero attached hydrogens (tertiary/aromatic N) is 4. The normalized spacial score (nSPS) is 15.7. The number of aromatic nitrogens is 4. The van der Waals surface area contributed by atoms with Gasteiger partial charge in [-0.05, 0) is 73.8 Å². The first kappa shape index (κ1) is 26.3. The predicted octanol–water partition coefficient (Wildman–Crippen LogP) is 5.78. The zero-order valence-corrected chi connectivity index (χ0v) is 23.0. The summed E-state index contributed by atoms with van der Waals surface area (Å²) in [5.41, 5.74) is 3.87. The van der Waals surface area contributed by atoms with Gasteiger partial charge in [0.1, 0.15) is 11.6 Å². The number of benzene rings is 3. The van der Waals surface area contributed by atoms with Crippen LogP contribution in [-0.2, 0) is 18.3 Å². The highest BCUT2D eigenvalue weighted by molar-refractivity contribution is 6.32. The van der Waals surface area contributed by atoms with Crippen molar-refractivity contribution in [3.63, 3.8) is 0 Å². The second-order valence-electron chi connectivity index (χ2n) is 10.1. The highest BCUT2D eigenvalue weighted by atomic mass is 35.5. The van der Waals surface area contributed by atoms with Crippen LogP contribution in [0.5, 0.6) is 5.75 Å². The Balaban J connectivity index is 1.43. The third kappa shape index (κ3) is 4.60. The van der Waals surface area contributed by atoms with Gasteiger partial charge in [0.05, 0.1) is 21.9 Å². The lowest BCUT2D eigenvalue weighted by Gasteiger charge is -2.23. The van der Waals surface area contributed by atoms with Crippen molar-refractivity contribution in [3.05, 3.63) is 87.9 Å². The highest BCUT2D eigenvalue weighted by Gasteiger charge is 2.22. The van der Waals surface area contributed by atoms with Crippen molar-refractivity contribution >= 4 is 22.5 Å². The van der Waals surface area contributed by atoms with E-state index in [0.29, 0.717) is 46.1 Å². The van der Waals surface area contributed by atoms with Gasteiger partial charge in [-0.1, -0.05) is 23.7 Å². The molecule has 6 rings (SSSR count). The van der Waals surface area contributed by atoms with Gasteiger partial charge in [0.25, 0.3) is 0 Å². The molecule has 8 nitrogen and oxygen atoms in total. The second kappa shape index (κ2) is 10.6. The lowest BCUT2D eigenvalue weighted by Crippen LogP contribution is -2.20. The van der Waals surface area contributed by atoms with Crippen LogP contribution in [0.2, 0.25) is 5.02 Å². The molecule has 1 saturated heterocycles. The van der Waals surface area contributed by atoms with Crippen molar-refractivity contribution < 1.29 is 14.2 Å². The topological polar surface area (TPSA) is 86.2 Å². The quantitative estimate of drug-likeness (QED) is 0.275. The first-order chi connectivity index (χ1) is 19.4. The van der Waals surface area contributed by atoms with Gasteiger partial charge in [-0.3, -0.25) is 4.57 Å². The summed E-state index contributed by atoms with van der Waals surface area (Å²) in [5.74, 6) is -0.566. The molecule has 2 N–H and O–H groups in total. The fourth-order valence-electron chi connectivity index (χ4n) is 5.36. The van der Waals surface area contributed by atoms with Gasteiger partial charge < -0.3 is 19.7 Å². The summed E-state index contributed by atoms with van der Waals surface area (Å²) in [7, 11) is 3.52. The van der Waals surface area contributed by atoms with Gasteiger partial charge >= 0.3 is 5.69 Å². The number of aryl methyl sites for hydroxylation is 1. The third-order valence-corrected chi connectivity index (χ3v) is 7.71. The molecule has 40 heavy (non-hydrogen) atoms. The van der Waals surface area contributed by atoms with Crippen molar-refractivity contribution in [1.82, 2.24) is 24.2 Å². The number of ether oxygens (including phenoxy) is 1. The fraction of sp³-hybridized carbons (Fsp3) is 0.267. The Morgan fingerprint density at radius 2 is 1.85 bits per heavy atom. The molecular formula is C30H29ClFN5O3. The van der Waals surface area contributed by atoms with Crippen LogP contribution in [0.4, 0.5) is 4.39 Å². The van der Waals surface area contributed by atoms with Crippen molar-refractivity contribution in [2.24, 2.45) is 7.05 Å². The van der Waals surface area contributed by atoms with E-state index in [1.54, 1.807) is 37.6 Å². The van der Waals surface area contributed by atoms with Crippen LogP contribution in [0, 0.1) is 5.82 Å². The predicted molar refractivity (Wildman–Crippen MR) is 153 cm³/mol. The van der Waals surface area contributed by atoms with E-state index in [2.05, 4.69) is 5.32 Å². The highest BCUT2D eigenvalue weighted by Crippen LogP contribution is 2.41. The number of aromatic hydroxyl groups is 1. The van der Waals surface area contributed by atoms with Crippen LogP contribution in [0.25, 0.3) is 38.8 Å². The summed E-state index contributed by atoms with van der Waals surface area (Å²) in [6.07, 6.45) is 6.17. The molecule has 0 saturated carbocycles. The number of halogens is 2. The summed E-state index contributed by atoms with van der Waals surface area (Å²) >= 11 is 6.55. The van der Waals surface area contributed by atoms with E-state index in [4.69, 9.17) is 21.4 Å². The molecule has 0 aliphatic carbocycles. The first-order valence-electron chi connectivity index (χ1n) is 13.2. The lowest BCUT2D eigenvalue weighted by molar-refractivity contribution is -0.0369. The number of phenolic OH excluding ortho intramolecular Hbond substituents is 1. The zero-order valence-electron chi connectivity index (χ0n) is 22.2. The monoisotopic (exact) mass is 561 g/mol. The Hall–Kier alpha value is -3.92.